The number of aromatic nitrogens is 1. The molecule has 19 heavy (non-hydrogen) atoms. The lowest BCUT2D eigenvalue weighted by atomic mass is 10.2. The van der Waals surface area contributed by atoms with E-state index in [1.807, 2.05) is 19.9 Å². The lowest BCUT2D eigenvalue weighted by Crippen LogP contribution is -2.30. The number of anilines is 1. The molecule has 1 aromatic rings. The molecule has 1 unspecified atom stereocenters. The van der Waals surface area contributed by atoms with Crippen LogP contribution in [0, 0.1) is 0 Å². The first-order chi connectivity index (χ1) is 9.15. The third-order valence-electron chi connectivity index (χ3n) is 2.97. The lowest BCUT2D eigenvalue weighted by Gasteiger charge is -2.13. The Kier molecular flexibility index (Phi) is 4.74. The van der Waals surface area contributed by atoms with E-state index in [1.54, 1.807) is 12.3 Å². The van der Waals surface area contributed by atoms with Crippen molar-refractivity contribution in [2.24, 2.45) is 0 Å². The van der Waals surface area contributed by atoms with Gasteiger partial charge in [-0.2, -0.15) is 0 Å². The summed E-state index contributed by atoms with van der Waals surface area (Å²) in [5.74, 6) is -0.143. The van der Waals surface area contributed by atoms with Crippen LogP contribution in [0.3, 0.4) is 0 Å². The largest absolute Gasteiger partial charge is 0.382 e. The predicted molar refractivity (Wildman–Crippen MR) is 74.3 cm³/mol. The monoisotopic (exact) mass is 263 g/mol. The molecular weight excluding hydrogens is 242 g/mol. The van der Waals surface area contributed by atoms with Gasteiger partial charge in [-0.3, -0.25) is 9.78 Å². The van der Waals surface area contributed by atoms with Crippen LogP contribution in [0.1, 0.15) is 37.2 Å². The molecule has 5 nitrogen and oxygen atoms in total. The van der Waals surface area contributed by atoms with Gasteiger partial charge in [0, 0.05) is 31.1 Å². The van der Waals surface area contributed by atoms with Crippen molar-refractivity contribution < 1.29 is 9.53 Å². The van der Waals surface area contributed by atoms with Crippen LogP contribution in [0.25, 0.3) is 0 Å². The molecule has 1 saturated heterocycles. The van der Waals surface area contributed by atoms with Crippen LogP contribution in [-0.2, 0) is 4.74 Å². The maximum absolute atomic E-state index is 11.8. The molecule has 0 bridgehead atoms. The number of nitrogens with one attached hydrogen (secondary N) is 2. The average Bonchev–Trinajstić information content (AvgIpc) is 2.89. The third-order valence-corrected chi connectivity index (χ3v) is 2.97. The van der Waals surface area contributed by atoms with E-state index in [0.29, 0.717) is 5.69 Å². The molecule has 0 aliphatic carbocycles. The molecule has 0 spiro atoms. The highest BCUT2D eigenvalue weighted by Crippen LogP contribution is 2.14. The minimum atomic E-state index is -0.143. The third kappa shape index (κ3) is 4.21. The zero-order valence-electron chi connectivity index (χ0n) is 11.5. The fourth-order valence-corrected chi connectivity index (χ4v) is 2.04. The number of ether oxygens (including phenoxy) is 1. The Morgan fingerprint density at radius 2 is 2.42 bits per heavy atom. The smallest absolute Gasteiger partial charge is 0.270 e. The summed E-state index contributed by atoms with van der Waals surface area (Å²) in [6.07, 6.45) is 4.15. The Balaban J connectivity index is 1.92. The second-order valence-electron chi connectivity index (χ2n) is 5.07. The van der Waals surface area contributed by atoms with Crippen molar-refractivity contribution in [2.75, 3.05) is 18.5 Å². The number of carbonyl (C=O) groups is 1. The maximum Gasteiger partial charge on any atom is 0.270 e. The van der Waals surface area contributed by atoms with Gasteiger partial charge in [0.15, 0.2) is 0 Å². The minimum Gasteiger partial charge on any atom is -0.382 e. The number of hydrogen-bond donors (Lipinski definition) is 2. The average molecular weight is 263 g/mol. The highest BCUT2D eigenvalue weighted by molar-refractivity contribution is 5.93. The van der Waals surface area contributed by atoms with Gasteiger partial charge in [-0.05, 0) is 38.8 Å². The van der Waals surface area contributed by atoms with Gasteiger partial charge < -0.3 is 15.4 Å². The van der Waals surface area contributed by atoms with Crippen LogP contribution in [0.15, 0.2) is 18.3 Å². The number of hydrogen-bond acceptors (Lipinski definition) is 4. The van der Waals surface area contributed by atoms with Crippen molar-refractivity contribution in [1.82, 2.24) is 10.3 Å². The van der Waals surface area contributed by atoms with Gasteiger partial charge in [0.25, 0.3) is 5.91 Å². The summed E-state index contributed by atoms with van der Waals surface area (Å²) in [5.41, 5.74) is 1.34. The van der Waals surface area contributed by atoms with E-state index in [9.17, 15) is 4.79 Å². The van der Waals surface area contributed by atoms with Crippen molar-refractivity contribution in [3.05, 3.63) is 24.0 Å². The first-order valence-electron chi connectivity index (χ1n) is 6.77. The lowest BCUT2D eigenvalue weighted by molar-refractivity contribution is 0.0938. The van der Waals surface area contributed by atoms with Crippen LogP contribution < -0.4 is 10.6 Å². The molecule has 1 atom stereocenters. The highest BCUT2D eigenvalue weighted by Gasteiger charge is 2.15. The second-order valence-corrected chi connectivity index (χ2v) is 5.07. The normalized spacial score (nSPS) is 18.6. The van der Waals surface area contributed by atoms with E-state index in [0.717, 1.165) is 31.7 Å². The van der Waals surface area contributed by atoms with Crippen molar-refractivity contribution in [3.63, 3.8) is 0 Å². The summed E-state index contributed by atoms with van der Waals surface area (Å²) < 4.78 is 5.55. The van der Waals surface area contributed by atoms with Gasteiger partial charge >= 0.3 is 0 Å². The Morgan fingerprint density at radius 3 is 3.11 bits per heavy atom. The molecule has 5 heteroatoms. The minimum absolute atomic E-state index is 0.109. The number of amides is 1. The van der Waals surface area contributed by atoms with Crippen LogP contribution in [0.4, 0.5) is 5.69 Å². The Hall–Kier alpha value is -1.62. The fourth-order valence-electron chi connectivity index (χ4n) is 2.04. The maximum atomic E-state index is 11.8. The van der Waals surface area contributed by atoms with Gasteiger partial charge in [-0.25, -0.2) is 0 Å². The van der Waals surface area contributed by atoms with Crippen molar-refractivity contribution in [3.8, 4) is 0 Å². The van der Waals surface area contributed by atoms with E-state index >= 15 is 0 Å². The summed E-state index contributed by atoms with van der Waals surface area (Å²) in [4.78, 5) is 15.9. The summed E-state index contributed by atoms with van der Waals surface area (Å²) in [6.45, 7) is 5.48. The molecule has 0 saturated carbocycles. The number of carbonyl (C=O) groups excluding carboxylic acids is 1. The molecule has 1 aliphatic rings. The summed E-state index contributed by atoms with van der Waals surface area (Å²) in [7, 11) is 0. The first-order valence-corrected chi connectivity index (χ1v) is 6.77. The van der Waals surface area contributed by atoms with Crippen LogP contribution in [0.5, 0.6) is 0 Å². The summed E-state index contributed by atoms with van der Waals surface area (Å²) in [5, 5.41) is 6.12. The van der Waals surface area contributed by atoms with E-state index in [-0.39, 0.29) is 18.1 Å². The Labute approximate surface area is 113 Å². The first kappa shape index (κ1) is 13.8. The Bertz CT molecular complexity index is 428. The number of pyridine rings is 1. The molecular formula is C14H21N3O2. The predicted octanol–water partition coefficient (Wildman–Crippen LogP) is 1.81. The molecule has 2 rings (SSSR count). The molecule has 2 heterocycles. The van der Waals surface area contributed by atoms with Crippen molar-refractivity contribution in [1.29, 1.82) is 0 Å². The van der Waals surface area contributed by atoms with Gasteiger partial charge in [0.2, 0.25) is 0 Å². The van der Waals surface area contributed by atoms with Gasteiger partial charge in [0.1, 0.15) is 5.69 Å². The van der Waals surface area contributed by atoms with E-state index in [4.69, 9.17) is 4.74 Å². The molecule has 0 aromatic carbocycles. The summed E-state index contributed by atoms with van der Waals surface area (Å²) in [6, 6.07) is 3.74. The highest BCUT2D eigenvalue weighted by atomic mass is 16.5. The van der Waals surface area contributed by atoms with E-state index < -0.39 is 0 Å². The van der Waals surface area contributed by atoms with Gasteiger partial charge in [0.05, 0.1) is 6.10 Å². The fraction of sp³-hybridized carbons (Fsp3) is 0.571. The topological polar surface area (TPSA) is 63.2 Å². The van der Waals surface area contributed by atoms with Crippen LogP contribution >= 0.6 is 0 Å². The number of rotatable bonds is 5. The van der Waals surface area contributed by atoms with E-state index in [1.165, 1.54) is 0 Å². The molecule has 2 N–H and O–H groups in total. The van der Waals surface area contributed by atoms with Crippen molar-refractivity contribution >= 4 is 11.6 Å². The summed E-state index contributed by atoms with van der Waals surface area (Å²) >= 11 is 0. The van der Waals surface area contributed by atoms with E-state index in [2.05, 4.69) is 15.6 Å². The van der Waals surface area contributed by atoms with Crippen LogP contribution in [-0.4, -0.2) is 36.2 Å². The van der Waals surface area contributed by atoms with Gasteiger partial charge in [-0.1, -0.05) is 0 Å². The van der Waals surface area contributed by atoms with Gasteiger partial charge in [-0.15, -0.1) is 0 Å². The molecule has 1 amide bonds. The SMILES string of the molecule is CC(C)NC(=O)c1cc(NCC2CCCO2)ccn1. The molecule has 1 aliphatic heterocycles. The standard InChI is InChI=1S/C14H21N3O2/c1-10(2)17-14(18)13-8-11(5-6-15-13)16-9-12-4-3-7-19-12/h5-6,8,10,12H,3-4,7,9H2,1-2H3,(H,15,16)(H,17,18). The van der Waals surface area contributed by atoms with Crippen molar-refractivity contribution in [2.45, 2.75) is 38.8 Å². The zero-order chi connectivity index (χ0) is 13.7. The molecule has 104 valence electrons. The quantitative estimate of drug-likeness (QED) is 0.850. The molecule has 1 fully saturated rings. The Morgan fingerprint density at radius 1 is 1.58 bits per heavy atom. The van der Waals surface area contributed by atoms with Crippen LogP contribution in [0.2, 0.25) is 0 Å². The zero-order valence-corrected chi connectivity index (χ0v) is 11.5. The second kappa shape index (κ2) is 6.52. The molecule has 0 radical (unpaired) electrons. The molecule has 1 aromatic heterocycles. The number of nitrogens with zero attached hydrogens (tertiary/aromatic N) is 1.